The predicted octanol–water partition coefficient (Wildman–Crippen LogP) is 3.52. The molecular weight excluding hydrogens is 419 g/mol. The molecule has 166 valence electrons. The number of halogens is 1. The number of nitrogens with one attached hydrogen (secondary N) is 3. The van der Waals surface area contributed by atoms with Gasteiger partial charge in [-0.3, -0.25) is 4.79 Å². The number of rotatable bonds is 8. The maximum absolute atomic E-state index is 14.0. The van der Waals surface area contributed by atoms with Gasteiger partial charge in [0.25, 0.3) is 0 Å². The SMILES string of the molecule is CC(C)[C@H](NC(=O)[C@H](NS(=O)(=O)c1ccccc1F)C(C)C)c1nc2ccccc2[nH]1. The summed E-state index contributed by atoms with van der Waals surface area (Å²) in [7, 11) is -4.23. The van der Waals surface area contributed by atoms with Crippen molar-refractivity contribution in [3.8, 4) is 0 Å². The Bertz CT molecular complexity index is 1140. The Balaban J connectivity index is 1.85. The number of sulfonamides is 1. The summed E-state index contributed by atoms with van der Waals surface area (Å²) in [6, 6.07) is 11.0. The van der Waals surface area contributed by atoms with E-state index in [0.717, 1.165) is 23.2 Å². The molecule has 2 aromatic carbocycles. The van der Waals surface area contributed by atoms with Crippen LogP contribution in [0.25, 0.3) is 11.0 Å². The Morgan fingerprint density at radius 2 is 1.65 bits per heavy atom. The van der Waals surface area contributed by atoms with Crippen molar-refractivity contribution < 1.29 is 17.6 Å². The van der Waals surface area contributed by atoms with Crippen LogP contribution in [0.2, 0.25) is 0 Å². The Labute approximate surface area is 181 Å². The highest BCUT2D eigenvalue weighted by Gasteiger charge is 2.32. The summed E-state index contributed by atoms with van der Waals surface area (Å²) in [5, 5.41) is 2.91. The third-order valence-electron chi connectivity index (χ3n) is 5.02. The number of H-pyrrole nitrogens is 1. The molecule has 3 N–H and O–H groups in total. The fraction of sp³-hybridized carbons (Fsp3) is 0.364. The summed E-state index contributed by atoms with van der Waals surface area (Å²) in [6.45, 7) is 7.32. The summed E-state index contributed by atoms with van der Waals surface area (Å²) >= 11 is 0. The second-order valence-corrected chi connectivity index (χ2v) is 9.83. The molecule has 1 aromatic heterocycles. The monoisotopic (exact) mass is 446 g/mol. The van der Waals surface area contributed by atoms with Crippen LogP contribution >= 0.6 is 0 Å². The van der Waals surface area contributed by atoms with Crippen molar-refractivity contribution in [1.82, 2.24) is 20.0 Å². The molecule has 0 aliphatic rings. The molecule has 0 aliphatic carbocycles. The molecule has 1 heterocycles. The van der Waals surface area contributed by atoms with Gasteiger partial charge in [-0.2, -0.15) is 4.72 Å². The van der Waals surface area contributed by atoms with Crippen LogP contribution in [-0.2, 0) is 14.8 Å². The smallest absolute Gasteiger partial charge is 0.244 e. The first-order valence-electron chi connectivity index (χ1n) is 10.1. The Kier molecular flexibility index (Phi) is 6.76. The Hall–Kier alpha value is -2.78. The van der Waals surface area contributed by atoms with E-state index in [1.807, 2.05) is 38.1 Å². The van der Waals surface area contributed by atoms with Crippen molar-refractivity contribution in [3.63, 3.8) is 0 Å². The normalized spacial score (nSPS) is 14.2. The Morgan fingerprint density at radius 1 is 1.00 bits per heavy atom. The van der Waals surface area contributed by atoms with E-state index in [9.17, 15) is 17.6 Å². The zero-order valence-electron chi connectivity index (χ0n) is 17.9. The zero-order chi connectivity index (χ0) is 22.8. The highest BCUT2D eigenvalue weighted by molar-refractivity contribution is 7.89. The first-order chi connectivity index (χ1) is 14.6. The van der Waals surface area contributed by atoms with Crippen molar-refractivity contribution in [2.45, 2.75) is 44.7 Å². The van der Waals surface area contributed by atoms with Crippen LogP contribution in [0.15, 0.2) is 53.4 Å². The van der Waals surface area contributed by atoms with E-state index in [1.54, 1.807) is 13.8 Å². The molecule has 0 saturated heterocycles. The van der Waals surface area contributed by atoms with Gasteiger partial charge in [0.05, 0.1) is 17.1 Å². The number of fused-ring (bicyclic) bond motifs is 1. The number of nitrogens with zero attached hydrogens (tertiary/aromatic N) is 1. The molecule has 31 heavy (non-hydrogen) atoms. The highest BCUT2D eigenvalue weighted by atomic mass is 32.2. The number of carbonyl (C=O) groups excluding carboxylic acids is 1. The van der Waals surface area contributed by atoms with Gasteiger partial charge in [0.2, 0.25) is 15.9 Å². The first-order valence-corrected chi connectivity index (χ1v) is 11.6. The van der Waals surface area contributed by atoms with Crippen LogP contribution in [0, 0.1) is 17.7 Å². The molecule has 0 fully saturated rings. The summed E-state index contributed by atoms with van der Waals surface area (Å²) in [6.07, 6.45) is 0. The molecule has 0 spiro atoms. The van der Waals surface area contributed by atoms with Gasteiger partial charge in [-0.1, -0.05) is 52.0 Å². The lowest BCUT2D eigenvalue weighted by atomic mass is 10.0. The minimum Gasteiger partial charge on any atom is -0.344 e. The number of para-hydroxylation sites is 2. The molecule has 0 unspecified atom stereocenters. The van der Waals surface area contributed by atoms with Crippen LogP contribution in [0.1, 0.15) is 39.6 Å². The van der Waals surface area contributed by atoms with Gasteiger partial charge in [0.15, 0.2) is 0 Å². The average Bonchev–Trinajstić information content (AvgIpc) is 3.13. The van der Waals surface area contributed by atoms with E-state index in [1.165, 1.54) is 12.1 Å². The van der Waals surface area contributed by atoms with E-state index < -0.39 is 38.7 Å². The lowest BCUT2D eigenvalue weighted by molar-refractivity contribution is -0.124. The van der Waals surface area contributed by atoms with Gasteiger partial charge in [-0.25, -0.2) is 17.8 Å². The van der Waals surface area contributed by atoms with E-state index in [2.05, 4.69) is 20.0 Å². The third kappa shape index (κ3) is 5.11. The quantitative estimate of drug-likeness (QED) is 0.492. The minimum atomic E-state index is -4.23. The average molecular weight is 447 g/mol. The van der Waals surface area contributed by atoms with Crippen LogP contribution in [0.5, 0.6) is 0 Å². The number of imidazole rings is 1. The number of aromatic nitrogens is 2. The molecule has 2 atom stereocenters. The first kappa shape index (κ1) is 22.9. The van der Waals surface area contributed by atoms with Gasteiger partial charge in [-0.05, 0) is 36.1 Å². The molecule has 3 aromatic rings. The molecule has 0 radical (unpaired) electrons. The van der Waals surface area contributed by atoms with E-state index in [-0.39, 0.29) is 11.8 Å². The van der Waals surface area contributed by atoms with E-state index in [4.69, 9.17) is 0 Å². The fourth-order valence-electron chi connectivity index (χ4n) is 3.30. The molecular formula is C22H27FN4O3S. The number of hydrogen-bond acceptors (Lipinski definition) is 4. The summed E-state index contributed by atoms with van der Waals surface area (Å²) < 4.78 is 41.9. The van der Waals surface area contributed by atoms with Crippen molar-refractivity contribution in [2.24, 2.45) is 11.8 Å². The van der Waals surface area contributed by atoms with Gasteiger partial charge in [0, 0.05) is 0 Å². The van der Waals surface area contributed by atoms with Gasteiger partial charge >= 0.3 is 0 Å². The second kappa shape index (κ2) is 9.15. The number of hydrogen-bond donors (Lipinski definition) is 3. The number of carbonyl (C=O) groups is 1. The van der Waals surface area contributed by atoms with E-state index >= 15 is 0 Å². The Morgan fingerprint density at radius 3 is 2.26 bits per heavy atom. The minimum absolute atomic E-state index is 0.0134. The lowest BCUT2D eigenvalue weighted by Crippen LogP contribution is -2.51. The maximum Gasteiger partial charge on any atom is 0.244 e. The summed E-state index contributed by atoms with van der Waals surface area (Å²) in [4.78, 5) is 20.4. The van der Waals surface area contributed by atoms with Crippen molar-refractivity contribution in [1.29, 1.82) is 0 Å². The van der Waals surface area contributed by atoms with Crippen molar-refractivity contribution >= 4 is 27.0 Å². The highest BCUT2D eigenvalue weighted by Crippen LogP contribution is 2.23. The van der Waals surface area contributed by atoms with Crippen LogP contribution in [0.4, 0.5) is 4.39 Å². The zero-order valence-corrected chi connectivity index (χ0v) is 18.7. The molecule has 7 nitrogen and oxygen atoms in total. The second-order valence-electron chi connectivity index (χ2n) is 8.14. The van der Waals surface area contributed by atoms with E-state index in [0.29, 0.717) is 5.82 Å². The third-order valence-corrected chi connectivity index (χ3v) is 6.50. The molecule has 0 aliphatic heterocycles. The predicted molar refractivity (Wildman–Crippen MR) is 117 cm³/mol. The van der Waals surface area contributed by atoms with Crippen LogP contribution < -0.4 is 10.0 Å². The topological polar surface area (TPSA) is 104 Å². The number of amides is 1. The molecule has 1 amide bonds. The summed E-state index contributed by atoms with van der Waals surface area (Å²) in [5.74, 6) is -1.18. The summed E-state index contributed by atoms with van der Waals surface area (Å²) in [5.41, 5.74) is 1.62. The maximum atomic E-state index is 14.0. The molecule has 0 bridgehead atoms. The molecule has 9 heteroatoms. The van der Waals surface area contributed by atoms with Crippen molar-refractivity contribution in [3.05, 3.63) is 60.2 Å². The fourth-order valence-corrected chi connectivity index (χ4v) is 4.72. The van der Waals surface area contributed by atoms with Crippen LogP contribution in [-0.4, -0.2) is 30.3 Å². The molecule has 0 saturated carbocycles. The lowest BCUT2D eigenvalue weighted by Gasteiger charge is -2.26. The largest absolute Gasteiger partial charge is 0.344 e. The van der Waals surface area contributed by atoms with Gasteiger partial charge in [-0.15, -0.1) is 0 Å². The standard InChI is InChI=1S/C22H27FN4O3S/c1-13(2)19(21-24-16-10-6-7-11-17(16)25-21)26-22(28)20(14(3)4)27-31(29,30)18-12-8-5-9-15(18)23/h5-14,19-20,27H,1-4H3,(H,24,25)(H,26,28)/t19-,20+/m0/s1. The van der Waals surface area contributed by atoms with Gasteiger partial charge in [0.1, 0.15) is 22.6 Å². The number of benzene rings is 2. The van der Waals surface area contributed by atoms with Crippen LogP contribution in [0.3, 0.4) is 0 Å². The van der Waals surface area contributed by atoms with Gasteiger partial charge < -0.3 is 10.3 Å². The number of aromatic amines is 1. The molecule has 3 rings (SSSR count). The van der Waals surface area contributed by atoms with Crippen molar-refractivity contribution in [2.75, 3.05) is 0 Å².